The standard InChI is InChI=1S/C13H29NO2Si/c1-5-6-11-17(15-3,16-4)14-13-10-8-7-9-12(13)2/h12-14H,5-11H2,1-4H3. The molecule has 0 aromatic rings. The van der Waals surface area contributed by atoms with Gasteiger partial charge in [-0.2, -0.15) is 0 Å². The molecule has 0 spiro atoms. The first-order valence-corrected chi connectivity index (χ1v) is 9.07. The molecule has 1 N–H and O–H groups in total. The molecule has 0 heterocycles. The molecule has 0 amide bonds. The zero-order chi connectivity index (χ0) is 12.7. The molecule has 102 valence electrons. The maximum absolute atomic E-state index is 5.75. The van der Waals surface area contributed by atoms with Gasteiger partial charge in [0, 0.05) is 26.3 Å². The van der Waals surface area contributed by atoms with Gasteiger partial charge in [-0.05, 0) is 18.8 Å². The van der Waals surface area contributed by atoms with Crippen LogP contribution in [0.25, 0.3) is 0 Å². The highest BCUT2D eigenvalue weighted by molar-refractivity contribution is 6.64. The lowest BCUT2D eigenvalue weighted by Gasteiger charge is -2.37. The molecule has 1 aliphatic carbocycles. The summed E-state index contributed by atoms with van der Waals surface area (Å²) in [4.78, 5) is 3.75. The van der Waals surface area contributed by atoms with Gasteiger partial charge in [-0.25, -0.2) is 0 Å². The quantitative estimate of drug-likeness (QED) is 0.712. The topological polar surface area (TPSA) is 30.5 Å². The zero-order valence-corrected chi connectivity index (χ0v) is 12.9. The first-order chi connectivity index (χ1) is 8.17. The van der Waals surface area contributed by atoms with Crippen molar-refractivity contribution in [3.63, 3.8) is 0 Å². The number of unbranched alkanes of at least 4 members (excludes halogenated alkanes) is 1. The minimum absolute atomic E-state index is 0.590. The van der Waals surface area contributed by atoms with E-state index in [1.165, 1.54) is 38.5 Å². The van der Waals surface area contributed by atoms with E-state index in [0.29, 0.717) is 6.04 Å². The molecule has 2 unspecified atom stereocenters. The van der Waals surface area contributed by atoms with E-state index >= 15 is 0 Å². The maximum atomic E-state index is 5.75. The van der Waals surface area contributed by atoms with E-state index in [2.05, 4.69) is 18.8 Å². The summed E-state index contributed by atoms with van der Waals surface area (Å²) in [5.74, 6) is 0.752. The largest absolute Gasteiger partial charge is 0.424 e. The second-order valence-corrected chi connectivity index (χ2v) is 8.39. The van der Waals surface area contributed by atoms with Crippen LogP contribution >= 0.6 is 0 Å². The molecule has 0 aromatic heterocycles. The van der Waals surface area contributed by atoms with Gasteiger partial charge in [0.05, 0.1) is 0 Å². The summed E-state index contributed by atoms with van der Waals surface area (Å²) in [6, 6.07) is 1.65. The Labute approximate surface area is 108 Å². The van der Waals surface area contributed by atoms with Gasteiger partial charge >= 0.3 is 8.72 Å². The molecule has 2 atom stereocenters. The fourth-order valence-corrected chi connectivity index (χ4v) is 5.47. The number of nitrogens with one attached hydrogen (secondary N) is 1. The Bertz CT molecular complexity index is 210. The molecule has 1 fully saturated rings. The Kier molecular flexibility index (Phi) is 6.70. The van der Waals surface area contributed by atoms with Crippen LogP contribution < -0.4 is 4.98 Å². The summed E-state index contributed by atoms with van der Waals surface area (Å²) in [7, 11) is 1.45. The van der Waals surface area contributed by atoms with Crippen LogP contribution in [0.5, 0.6) is 0 Å². The van der Waals surface area contributed by atoms with Crippen LogP contribution in [0, 0.1) is 5.92 Å². The molecule has 0 radical (unpaired) electrons. The van der Waals surface area contributed by atoms with E-state index in [4.69, 9.17) is 8.85 Å². The lowest BCUT2D eigenvalue weighted by atomic mass is 9.87. The SMILES string of the molecule is CCCC[Si](NC1CCCCC1C)(OC)OC. The lowest BCUT2D eigenvalue weighted by molar-refractivity contribution is 0.199. The molecule has 0 bridgehead atoms. The lowest BCUT2D eigenvalue weighted by Crippen LogP contribution is -2.60. The van der Waals surface area contributed by atoms with E-state index in [1.54, 1.807) is 14.2 Å². The van der Waals surface area contributed by atoms with E-state index in [0.717, 1.165) is 12.0 Å². The van der Waals surface area contributed by atoms with Crippen LogP contribution in [-0.4, -0.2) is 29.0 Å². The monoisotopic (exact) mass is 259 g/mol. The Morgan fingerprint density at radius 3 is 2.35 bits per heavy atom. The third-order valence-corrected chi connectivity index (χ3v) is 7.18. The Balaban J connectivity index is 2.57. The molecule has 4 heteroatoms. The van der Waals surface area contributed by atoms with Crippen molar-refractivity contribution < 1.29 is 8.85 Å². The van der Waals surface area contributed by atoms with E-state index in [9.17, 15) is 0 Å². The highest BCUT2D eigenvalue weighted by Crippen LogP contribution is 2.26. The predicted octanol–water partition coefficient (Wildman–Crippen LogP) is 3.19. The van der Waals surface area contributed by atoms with Crippen LogP contribution in [0.4, 0.5) is 0 Å². The van der Waals surface area contributed by atoms with E-state index < -0.39 is 8.72 Å². The molecular formula is C13H29NO2Si. The van der Waals surface area contributed by atoms with Crippen molar-refractivity contribution in [3.05, 3.63) is 0 Å². The molecule has 17 heavy (non-hydrogen) atoms. The molecular weight excluding hydrogens is 230 g/mol. The van der Waals surface area contributed by atoms with Gasteiger partial charge in [0.25, 0.3) is 0 Å². The third-order valence-electron chi connectivity index (χ3n) is 4.04. The highest BCUT2D eigenvalue weighted by Gasteiger charge is 2.39. The molecule has 0 aliphatic heterocycles. The van der Waals surface area contributed by atoms with Gasteiger partial charge in [-0.15, -0.1) is 0 Å². The van der Waals surface area contributed by atoms with Crippen molar-refractivity contribution in [2.45, 2.75) is 64.5 Å². The summed E-state index contributed by atoms with van der Waals surface area (Å²) < 4.78 is 11.5. The first kappa shape index (κ1) is 15.2. The van der Waals surface area contributed by atoms with Gasteiger partial charge in [0.15, 0.2) is 0 Å². The van der Waals surface area contributed by atoms with Crippen molar-refractivity contribution in [3.8, 4) is 0 Å². The second-order valence-electron chi connectivity index (χ2n) is 5.28. The van der Waals surface area contributed by atoms with Gasteiger partial charge in [0.2, 0.25) is 0 Å². The van der Waals surface area contributed by atoms with Gasteiger partial charge in [-0.3, -0.25) is 4.98 Å². The third kappa shape index (κ3) is 4.36. The number of hydrogen-bond donors (Lipinski definition) is 1. The molecule has 1 aliphatic rings. The van der Waals surface area contributed by atoms with Crippen molar-refractivity contribution >= 4 is 8.72 Å². The average molecular weight is 259 g/mol. The fourth-order valence-electron chi connectivity index (χ4n) is 2.70. The van der Waals surface area contributed by atoms with Crippen LogP contribution in [0.1, 0.15) is 52.4 Å². The average Bonchev–Trinajstić information content (AvgIpc) is 2.37. The van der Waals surface area contributed by atoms with Crippen LogP contribution in [0.15, 0.2) is 0 Å². The van der Waals surface area contributed by atoms with Crippen molar-refractivity contribution in [1.29, 1.82) is 0 Å². The zero-order valence-electron chi connectivity index (χ0n) is 11.9. The van der Waals surface area contributed by atoms with E-state index in [1.807, 2.05) is 0 Å². The summed E-state index contributed by atoms with van der Waals surface area (Å²) in [6.07, 6.45) is 7.71. The van der Waals surface area contributed by atoms with Gasteiger partial charge in [0.1, 0.15) is 0 Å². The summed E-state index contributed by atoms with van der Waals surface area (Å²) >= 11 is 0. The smallest absolute Gasteiger partial charge is 0.386 e. The Hall–Kier alpha value is 0.0969. The minimum Gasteiger partial charge on any atom is -0.386 e. The van der Waals surface area contributed by atoms with Crippen LogP contribution in [0.3, 0.4) is 0 Å². The maximum Gasteiger partial charge on any atom is 0.424 e. The van der Waals surface area contributed by atoms with Crippen molar-refractivity contribution in [1.82, 2.24) is 4.98 Å². The second kappa shape index (κ2) is 7.51. The summed E-state index contributed by atoms with van der Waals surface area (Å²) in [5.41, 5.74) is 0. The minimum atomic E-state index is -2.14. The van der Waals surface area contributed by atoms with Crippen LogP contribution in [0.2, 0.25) is 6.04 Å². The fraction of sp³-hybridized carbons (Fsp3) is 1.00. The van der Waals surface area contributed by atoms with Gasteiger partial charge in [-0.1, -0.05) is 39.5 Å². The van der Waals surface area contributed by atoms with Gasteiger partial charge < -0.3 is 8.85 Å². The number of hydrogen-bond acceptors (Lipinski definition) is 3. The molecule has 0 aromatic carbocycles. The molecule has 3 nitrogen and oxygen atoms in total. The van der Waals surface area contributed by atoms with E-state index in [-0.39, 0.29) is 0 Å². The number of rotatable bonds is 7. The first-order valence-electron chi connectivity index (χ1n) is 7.05. The molecule has 1 rings (SSSR count). The molecule has 0 saturated heterocycles. The summed E-state index contributed by atoms with van der Waals surface area (Å²) in [6.45, 7) is 4.56. The Morgan fingerprint density at radius 2 is 1.82 bits per heavy atom. The highest BCUT2D eigenvalue weighted by atomic mass is 28.4. The van der Waals surface area contributed by atoms with Crippen molar-refractivity contribution in [2.75, 3.05) is 14.2 Å². The van der Waals surface area contributed by atoms with Crippen molar-refractivity contribution in [2.24, 2.45) is 5.92 Å². The summed E-state index contributed by atoms with van der Waals surface area (Å²) in [5, 5.41) is 0. The van der Waals surface area contributed by atoms with Crippen LogP contribution in [-0.2, 0) is 8.85 Å². The predicted molar refractivity (Wildman–Crippen MR) is 74.0 cm³/mol. The molecule has 1 saturated carbocycles. The Morgan fingerprint density at radius 1 is 1.18 bits per heavy atom. The normalized spacial score (nSPS) is 26.1.